The van der Waals surface area contributed by atoms with Crippen molar-refractivity contribution in [2.24, 2.45) is 0 Å². The summed E-state index contributed by atoms with van der Waals surface area (Å²) in [6.07, 6.45) is 0.910. The highest BCUT2D eigenvalue weighted by Crippen LogP contribution is 2.58. The molecular weight excluding hydrogens is 644 g/mol. The number of fused-ring (bicyclic) bond motifs is 9. The summed E-state index contributed by atoms with van der Waals surface area (Å²) in [5, 5.41) is 43.7. The van der Waals surface area contributed by atoms with Crippen molar-refractivity contribution < 1.29 is 29.2 Å². The molecule has 1 fully saturated rings. The predicted octanol–water partition coefficient (Wildman–Crippen LogP) is 3.71. The van der Waals surface area contributed by atoms with Crippen molar-refractivity contribution in [2.45, 2.75) is 69.9 Å². The van der Waals surface area contributed by atoms with Crippen LogP contribution in [0.3, 0.4) is 0 Å². The molecule has 1 saturated heterocycles. The number of ether oxygens (including phenoxy) is 3. The molecular formula is C36H40N6O6S. The van der Waals surface area contributed by atoms with Crippen molar-refractivity contribution in [2.75, 3.05) is 32.8 Å². The summed E-state index contributed by atoms with van der Waals surface area (Å²) in [4.78, 5) is 17.9. The highest BCUT2D eigenvalue weighted by Gasteiger charge is 2.56. The Balaban J connectivity index is 1.27. The summed E-state index contributed by atoms with van der Waals surface area (Å²) < 4.78 is 17.5. The van der Waals surface area contributed by atoms with Crippen molar-refractivity contribution in [3.05, 3.63) is 69.8 Å². The van der Waals surface area contributed by atoms with Crippen molar-refractivity contribution in [1.29, 1.82) is 5.26 Å². The van der Waals surface area contributed by atoms with Crippen LogP contribution in [0, 0.1) is 25.2 Å². The third-order valence-electron chi connectivity index (χ3n) is 10.5. The molecule has 13 heteroatoms. The molecule has 0 saturated carbocycles. The van der Waals surface area contributed by atoms with Gasteiger partial charge in [-0.2, -0.15) is 5.26 Å². The standard InChI is InChI=1S/C36H40N6O6S/c1-17-11-20-12-23-25(14-37)42-24(29(41(23)4)27(20)31(44)32(17)46-5)13-22-28(34-33(47-16-48-34)18(2)30(22)43)26(42)15-38-35(45)19(3)39-36(49)40-21-9-7-6-8-10-21/h6-11,19,23-26,29,43-44H,12-13,15-16H2,1-5H3,(H,38,45)(H2,39,40,49)/t19?,23-,24?,25-,26-,29+/m0/s1. The molecule has 2 bridgehead atoms. The molecule has 0 spiro atoms. The lowest BCUT2D eigenvalue weighted by molar-refractivity contribution is -0.123. The van der Waals surface area contributed by atoms with Gasteiger partial charge in [-0.15, -0.1) is 0 Å². The minimum atomic E-state index is -0.683. The molecule has 0 radical (unpaired) electrons. The van der Waals surface area contributed by atoms with Crippen LogP contribution in [-0.2, 0) is 17.6 Å². The number of hydrogen-bond donors (Lipinski definition) is 5. The Labute approximate surface area is 290 Å². The number of rotatable bonds is 6. The van der Waals surface area contributed by atoms with Gasteiger partial charge in [-0.1, -0.05) is 24.3 Å². The number of benzene rings is 3. The summed E-state index contributed by atoms with van der Waals surface area (Å²) in [5.74, 6) is 1.29. The number of likely N-dealkylation sites (N-methyl/N-ethyl adjacent to an activating group) is 1. The van der Waals surface area contributed by atoms with Crippen LogP contribution in [0.4, 0.5) is 5.69 Å². The molecule has 4 aliphatic rings. The molecule has 0 aliphatic carbocycles. The summed E-state index contributed by atoms with van der Waals surface area (Å²) in [5.41, 5.74) is 5.30. The Kier molecular flexibility index (Phi) is 8.42. The number of phenolic OH excluding ortho intramolecular Hbond substituents is 2. The molecule has 2 unspecified atom stereocenters. The molecule has 0 aromatic heterocycles. The average Bonchev–Trinajstić information content (AvgIpc) is 3.57. The quantitative estimate of drug-likeness (QED) is 0.241. The van der Waals surface area contributed by atoms with Crippen molar-refractivity contribution >= 4 is 28.9 Å². The topological polar surface area (TPSA) is 152 Å². The minimum Gasteiger partial charge on any atom is -0.507 e. The Bertz CT molecular complexity index is 1880. The maximum absolute atomic E-state index is 13.6. The molecule has 3 aromatic carbocycles. The zero-order chi connectivity index (χ0) is 34.7. The van der Waals surface area contributed by atoms with Gasteiger partial charge in [-0.25, -0.2) is 0 Å². The van der Waals surface area contributed by atoms with Crippen LogP contribution in [0.1, 0.15) is 52.4 Å². The van der Waals surface area contributed by atoms with E-state index < -0.39 is 18.1 Å². The number of anilines is 1. The van der Waals surface area contributed by atoms with Crippen molar-refractivity contribution in [1.82, 2.24) is 20.4 Å². The number of aromatic hydroxyl groups is 2. The summed E-state index contributed by atoms with van der Waals surface area (Å²) in [7, 11) is 3.53. The number of nitriles is 1. The third kappa shape index (κ3) is 5.26. The fraction of sp³-hybridized carbons (Fsp3) is 0.417. The van der Waals surface area contributed by atoms with Gasteiger partial charge >= 0.3 is 0 Å². The van der Waals surface area contributed by atoms with Gasteiger partial charge in [0.05, 0.1) is 25.3 Å². The molecule has 256 valence electrons. The van der Waals surface area contributed by atoms with Gasteiger partial charge in [0, 0.05) is 46.6 Å². The molecule has 4 heterocycles. The molecule has 5 N–H and O–H groups in total. The van der Waals surface area contributed by atoms with E-state index in [1.807, 2.05) is 50.4 Å². The van der Waals surface area contributed by atoms with Crippen LogP contribution in [0.15, 0.2) is 36.4 Å². The molecule has 49 heavy (non-hydrogen) atoms. The number of carbonyl (C=O) groups excluding carboxylic acids is 1. The van der Waals surface area contributed by atoms with Crippen LogP contribution >= 0.6 is 12.2 Å². The number of phenols is 2. The first-order valence-corrected chi connectivity index (χ1v) is 16.8. The normalized spacial score (nSPS) is 24.0. The van der Waals surface area contributed by atoms with Gasteiger partial charge in [-0.05, 0) is 76.1 Å². The number of thiocarbonyl (C=S) groups is 1. The summed E-state index contributed by atoms with van der Waals surface area (Å²) in [6.45, 7) is 5.53. The lowest BCUT2D eigenvalue weighted by atomic mass is 9.71. The van der Waals surface area contributed by atoms with Gasteiger partial charge in [0.15, 0.2) is 28.1 Å². The Morgan fingerprint density at radius 2 is 1.86 bits per heavy atom. The second-order valence-electron chi connectivity index (χ2n) is 13.2. The van der Waals surface area contributed by atoms with Crippen LogP contribution < -0.4 is 30.2 Å². The first-order chi connectivity index (χ1) is 23.5. The zero-order valence-corrected chi connectivity index (χ0v) is 28.9. The molecule has 4 aliphatic heterocycles. The lowest BCUT2D eigenvalue weighted by Gasteiger charge is -2.60. The number of hydrogen-bond acceptors (Lipinski definition) is 10. The first kappa shape index (κ1) is 32.8. The van der Waals surface area contributed by atoms with E-state index in [1.165, 1.54) is 0 Å². The second kappa shape index (κ2) is 12.6. The number of aryl methyl sites for hydroxylation is 1. The third-order valence-corrected chi connectivity index (χ3v) is 10.8. The fourth-order valence-electron chi connectivity index (χ4n) is 8.34. The first-order valence-electron chi connectivity index (χ1n) is 16.4. The van der Waals surface area contributed by atoms with Crippen molar-refractivity contribution in [3.8, 4) is 34.8 Å². The maximum atomic E-state index is 13.6. The average molecular weight is 685 g/mol. The Morgan fingerprint density at radius 3 is 2.57 bits per heavy atom. The van der Waals surface area contributed by atoms with Crippen LogP contribution in [0.5, 0.6) is 28.7 Å². The van der Waals surface area contributed by atoms with Crippen LogP contribution in [0.2, 0.25) is 0 Å². The minimum absolute atomic E-state index is 0.00253. The monoisotopic (exact) mass is 684 g/mol. The van der Waals surface area contributed by atoms with Crippen LogP contribution in [0.25, 0.3) is 0 Å². The number of para-hydroxylation sites is 1. The zero-order valence-electron chi connectivity index (χ0n) is 28.0. The Hall–Kier alpha value is -4.77. The van der Waals surface area contributed by atoms with Gasteiger partial charge in [-0.3, -0.25) is 14.6 Å². The molecule has 12 nitrogen and oxygen atoms in total. The highest BCUT2D eigenvalue weighted by atomic mass is 32.1. The smallest absolute Gasteiger partial charge is 0.242 e. The summed E-state index contributed by atoms with van der Waals surface area (Å²) in [6, 6.07) is 11.3. The number of methoxy groups -OCH3 is 1. The van der Waals surface area contributed by atoms with Gasteiger partial charge in [0.25, 0.3) is 0 Å². The van der Waals surface area contributed by atoms with E-state index in [0.29, 0.717) is 51.9 Å². The van der Waals surface area contributed by atoms with E-state index in [0.717, 1.165) is 22.4 Å². The van der Waals surface area contributed by atoms with Crippen LogP contribution in [-0.4, -0.2) is 82.7 Å². The van der Waals surface area contributed by atoms with E-state index in [1.54, 1.807) is 21.0 Å². The second-order valence-corrected chi connectivity index (χ2v) is 13.6. The van der Waals surface area contributed by atoms with E-state index in [9.17, 15) is 20.3 Å². The fourth-order valence-corrected chi connectivity index (χ4v) is 8.64. The van der Waals surface area contributed by atoms with E-state index >= 15 is 0 Å². The number of nitrogens with zero attached hydrogens (tertiary/aromatic N) is 3. The summed E-state index contributed by atoms with van der Waals surface area (Å²) >= 11 is 5.47. The number of nitrogens with one attached hydrogen (secondary N) is 3. The largest absolute Gasteiger partial charge is 0.507 e. The SMILES string of the molecule is COc1c(C)cc2c(c1O)[C@H]1C3Cc4c(O)c(C)c5c(c4[C@H](CNC(=O)C(C)NC(=S)Nc4ccccc4)N3[C@@H](C#N)[C@H](C2)N1C)OCO5. The van der Waals surface area contributed by atoms with E-state index in [4.69, 9.17) is 26.4 Å². The predicted molar refractivity (Wildman–Crippen MR) is 186 cm³/mol. The highest BCUT2D eigenvalue weighted by molar-refractivity contribution is 7.80. The van der Waals surface area contributed by atoms with E-state index in [2.05, 4.69) is 31.8 Å². The van der Waals surface area contributed by atoms with Crippen molar-refractivity contribution in [3.63, 3.8) is 0 Å². The van der Waals surface area contributed by atoms with Gasteiger partial charge < -0.3 is 40.4 Å². The number of carbonyl (C=O) groups is 1. The maximum Gasteiger partial charge on any atom is 0.242 e. The molecule has 6 atom stereocenters. The molecule has 3 aromatic rings. The number of amides is 1. The van der Waals surface area contributed by atoms with Gasteiger partial charge in [0.2, 0.25) is 12.7 Å². The van der Waals surface area contributed by atoms with E-state index in [-0.39, 0.29) is 48.9 Å². The van der Waals surface area contributed by atoms with Gasteiger partial charge in [0.1, 0.15) is 17.8 Å². The molecule has 1 amide bonds. The lowest BCUT2D eigenvalue weighted by Crippen LogP contribution is -2.68. The number of piperazine rings is 1. The molecule has 7 rings (SSSR count). The Morgan fingerprint density at radius 1 is 1.12 bits per heavy atom.